The van der Waals surface area contributed by atoms with E-state index < -0.39 is 0 Å². The summed E-state index contributed by atoms with van der Waals surface area (Å²) in [5, 5.41) is 7.00. The molecule has 1 aliphatic heterocycles. The highest BCUT2D eigenvalue weighted by Gasteiger charge is 1.94. The third kappa shape index (κ3) is 84.0. The van der Waals surface area contributed by atoms with E-state index in [9.17, 15) is 0 Å². The number of aliphatic hydroxyl groups excluding tert-OH is 1. The molecule has 102 valence electrons. The minimum atomic E-state index is 0. The van der Waals surface area contributed by atoms with Gasteiger partial charge in [0.15, 0.2) is 0 Å². The normalized spacial score (nSPS) is 10.8. The molecular formula is C9H30O6. The average molecular weight is 234 g/mol. The standard InChI is InChI=1S/C4H8O.C4H10.CH4O.4H2O/c1-2-4-5-3-1;1-4(2)3;1-2;;;;/h1-4H2;4H,1-3H3;2H,1H3;4*1H2. The molecule has 1 heterocycles. The van der Waals surface area contributed by atoms with Crippen LogP contribution in [0.15, 0.2) is 0 Å². The quantitative estimate of drug-likeness (QED) is 0.557. The Kier molecular flexibility index (Phi) is 90.3. The molecule has 6 nitrogen and oxygen atoms in total. The topological polar surface area (TPSA) is 155 Å². The maximum Gasteiger partial charge on any atom is 0.0466 e. The van der Waals surface area contributed by atoms with Gasteiger partial charge in [-0.2, -0.15) is 0 Å². The fourth-order valence-corrected chi connectivity index (χ4v) is 0.510. The summed E-state index contributed by atoms with van der Waals surface area (Å²) in [6.45, 7) is 8.50. The van der Waals surface area contributed by atoms with Gasteiger partial charge in [0, 0.05) is 20.3 Å². The highest BCUT2D eigenvalue weighted by Crippen LogP contribution is 1.98. The van der Waals surface area contributed by atoms with Crippen molar-refractivity contribution in [2.24, 2.45) is 5.92 Å². The Hall–Kier alpha value is -0.240. The molecule has 0 aromatic heterocycles. The van der Waals surface area contributed by atoms with Crippen molar-refractivity contribution in [3.63, 3.8) is 0 Å². The van der Waals surface area contributed by atoms with Crippen molar-refractivity contribution >= 4 is 0 Å². The third-order valence-electron chi connectivity index (χ3n) is 0.827. The lowest BCUT2D eigenvalue weighted by Gasteiger charge is -1.79. The first-order valence-electron chi connectivity index (χ1n) is 4.26. The van der Waals surface area contributed by atoms with Gasteiger partial charge in [-0.3, -0.25) is 0 Å². The highest BCUT2D eigenvalue weighted by atomic mass is 16.5. The summed E-state index contributed by atoms with van der Waals surface area (Å²) in [7, 11) is 1.00. The zero-order valence-corrected chi connectivity index (χ0v) is 10.3. The van der Waals surface area contributed by atoms with E-state index in [0.717, 1.165) is 26.2 Å². The van der Waals surface area contributed by atoms with E-state index in [0.29, 0.717) is 0 Å². The van der Waals surface area contributed by atoms with Gasteiger partial charge in [0.2, 0.25) is 0 Å². The van der Waals surface area contributed by atoms with Gasteiger partial charge in [0.25, 0.3) is 0 Å². The SMILES string of the molecule is C1CCOC1.CC(C)C.CO.O.O.O.O. The number of rotatable bonds is 0. The molecule has 0 saturated carbocycles. The average Bonchev–Trinajstić information content (AvgIpc) is 2.44. The lowest BCUT2D eigenvalue weighted by Crippen LogP contribution is -1.74. The van der Waals surface area contributed by atoms with E-state index >= 15 is 0 Å². The van der Waals surface area contributed by atoms with Crippen molar-refractivity contribution in [2.45, 2.75) is 33.6 Å². The molecule has 1 rings (SSSR count). The van der Waals surface area contributed by atoms with Crippen LogP contribution in [0.5, 0.6) is 0 Å². The van der Waals surface area contributed by atoms with Crippen molar-refractivity contribution in [1.29, 1.82) is 0 Å². The van der Waals surface area contributed by atoms with Gasteiger partial charge in [0.1, 0.15) is 0 Å². The predicted octanol–water partition coefficient (Wildman–Crippen LogP) is -1.23. The molecule has 0 bridgehead atoms. The first kappa shape index (κ1) is 36.4. The van der Waals surface area contributed by atoms with Crippen molar-refractivity contribution in [3.8, 4) is 0 Å². The molecule has 0 spiro atoms. The Morgan fingerprint density at radius 2 is 1.00 bits per heavy atom. The van der Waals surface area contributed by atoms with Crippen molar-refractivity contribution in [3.05, 3.63) is 0 Å². The van der Waals surface area contributed by atoms with E-state index in [1.54, 1.807) is 0 Å². The van der Waals surface area contributed by atoms with Crippen LogP contribution >= 0.6 is 0 Å². The van der Waals surface area contributed by atoms with Gasteiger partial charge in [-0.25, -0.2) is 0 Å². The Balaban J connectivity index is -0.0000000191. The monoisotopic (exact) mass is 234 g/mol. The summed E-state index contributed by atoms with van der Waals surface area (Å²) >= 11 is 0. The second kappa shape index (κ2) is 37.2. The van der Waals surface area contributed by atoms with Crippen LogP contribution in [0.2, 0.25) is 0 Å². The fourth-order valence-electron chi connectivity index (χ4n) is 0.510. The number of aliphatic hydroxyl groups is 1. The Morgan fingerprint density at radius 3 is 1.07 bits per heavy atom. The van der Waals surface area contributed by atoms with Crippen LogP contribution < -0.4 is 0 Å². The Bertz CT molecular complexity index is 46.2. The zero-order valence-electron chi connectivity index (χ0n) is 10.3. The predicted molar refractivity (Wildman–Crippen MR) is 63.2 cm³/mol. The molecule has 6 heteroatoms. The van der Waals surface area contributed by atoms with Crippen molar-refractivity contribution < 1.29 is 31.7 Å². The first-order chi connectivity index (χ1) is 5.23. The molecule has 1 saturated heterocycles. The summed E-state index contributed by atoms with van der Waals surface area (Å²) in [4.78, 5) is 0. The van der Waals surface area contributed by atoms with Gasteiger partial charge in [-0.1, -0.05) is 20.8 Å². The maximum absolute atomic E-state index is 7.00. The fraction of sp³-hybridized carbons (Fsp3) is 1.00. The maximum atomic E-state index is 7.00. The molecule has 0 atom stereocenters. The molecule has 1 aliphatic rings. The second-order valence-corrected chi connectivity index (χ2v) is 3.05. The van der Waals surface area contributed by atoms with E-state index in [4.69, 9.17) is 9.84 Å². The summed E-state index contributed by atoms with van der Waals surface area (Å²) in [6, 6.07) is 0. The molecule has 0 amide bonds. The molecule has 0 unspecified atom stereocenters. The summed E-state index contributed by atoms with van der Waals surface area (Å²) in [5.41, 5.74) is 0. The lowest BCUT2D eigenvalue weighted by molar-refractivity contribution is 0.198. The second-order valence-electron chi connectivity index (χ2n) is 3.05. The molecule has 15 heavy (non-hydrogen) atoms. The van der Waals surface area contributed by atoms with Crippen LogP contribution in [0, 0.1) is 5.92 Å². The Morgan fingerprint density at radius 1 is 0.800 bits per heavy atom. The van der Waals surface area contributed by atoms with E-state index in [1.807, 2.05) is 0 Å². The van der Waals surface area contributed by atoms with Crippen molar-refractivity contribution in [2.75, 3.05) is 20.3 Å². The molecule has 0 aliphatic carbocycles. The highest BCUT2D eigenvalue weighted by molar-refractivity contribution is 4.43. The van der Waals surface area contributed by atoms with Crippen molar-refractivity contribution in [1.82, 2.24) is 0 Å². The first-order valence-corrected chi connectivity index (χ1v) is 4.26. The van der Waals surface area contributed by atoms with Crippen LogP contribution in [0.4, 0.5) is 0 Å². The molecule has 0 aromatic rings. The van der Waals surface area contributed by atoms with Gasteiger partial charge >= 0.3 is 0 Å². The Labute approximate surface area is 92.5 Å². The molecule has 0 radical (unpaired) electrons. The third-order valence-corrected chi connectivity index (χ3v) is 0.827. The van der Waals surface area contributed by atoms with Crippen LogP contribution in [0.25, 0.3) is 0 Å². The van der Waals surface area contributed by atoms with Crippen LogP contribution in [0.3, 0.4) is 0 Å². The number of hydrogen-bond acceptors (Lipinski definition) is 2. The van der Waals surface area contributed by atoms with E-state index in [-0.39, 0.29) is 21.9 Å². The smallest absolute Gasteiger partial charge is 0.0466 e. The molecule has 1 fully saturated rings. The lowest BCUT2D eigenvalue weighted by atomic mass is 10.3. The minimum Gasteiger partial charge on any atom is -0.412 e. The van der Waals surface area contributed by atoms with Gasteiger partial charge in [-0.05, 0) is 18.8 Å². The van der Waals surface area contributed by atoms with Gasteiger partial charge in [-0.15, -0.1) is 0 Å². The summed E-state index contributed by atoms with van der Waals surface area (Å²) in [6.07, 6.45) is 2.56. The number of hydrogen-bond donors (Lipinski definition) is 1. The van der Waals surface area contributed by atoms with Gasteiger partial charge in [0.05, 0.1) is 0 Å². The van der Waals surface area contributed by atoms with Gasteiger partial charge < -0.3 is 31.7 Å². The molecule has 9 N–H and O–H groups in total. The van der Waals surface area contributed by atoms with Crippen LogP contribution in [-0.4, -0.2) is 47.3 Å². The van der Waals surface area contributed by atoms with Crippen LogP contribution in [-0.2, 0) is 4.74 Å². The molecule has 0 aromatic carbocycles. The van der Waals surface area contributed by atoms with E-state index in [1.165, 1.54) is 12.8 Å². The zero-order chi connectivity index (χ0) is 9.11. The largest absolute Gasteiger partial charge is 0.412 e. The van der Waals surface area contributed by atoms with E-state index in [2.05, 4.69) is 20.8 Å². The summed E-state index contributed by atoms with van der Waals surface area (Å²) in [5.74, 6) is 0.833. The van der Waals surface area contributed by atoms with Crippen LogP contribution in [0.1, 0.15) is 33.6 Å². The molecular weight excluding hydrogens is 204 g/mol. The summed E-state index contributed by atoms with van der Waals surface area (Å²) < 4.78 is 4.94. The number of ether oxygens (including phenoxy) is 1. The minimum absolute atomic E-state index is 0.